The van der Waals surface area contributed by atoms with Crippen LogP contribution in [0.5, 0.6) is 0 Å². The lowest BCUT2D eigenvalue weighted by atomic mass is 9.84. The molecule has 0 radical (unpaired) electrons. The predicted octanol–water partition coefficient (Wildman–Crippen LogP) is 1.28. The van der Waals surface area contributed by atoms with E-state index in [4.69, 9.17) is 10.8 Å². The van der Waals surface area contributed by atoms with Gasteiger partial charge in [0, 0.05) is 6.54 Å². The zero-order chi connectivity index (χ0) is 10.6. The first kappa shape index (κ1) is 10.7. The molecule has 3 nitrogen and oxygen atoms in total. The third kappa shape index (κ3) is 2.33. The van der Waals surface area contributed by atoms with Gasteiger partial charge in [0.15, 0.2) is 0 Å². The summed E-state index contributed by atoms with van der Waals surface area (Å²) in [7, 11) is 0. The van der Waals surface area contributed by atoms with E-state index in [2.05, 4.69) is 0 Å². The van der Waals surface area contributed by atoms with Gasteiger partial charge in [0.05, 0.1) is 5.41 Å². The van der Waals surface area contributed by atoms with E-state index in [0.717, 1.165) is 5.56 Å². The van der Waals surface area contributed by atoms with Gasteiger partial charge in [-0.15, -0.1) is 0 Å². The molecule has 3 N–H and O–H groups in total. The van der Waals surface area contributed by atoms with Crippen molar-refractivity contribution in [2.75, 3.05) is 6.54 Å². The highest BCUT2D eigenvalue weighted by molar-refractivity contribution is 5.74. The van der Waals surface area contributed by atoms with Crippen molar-refractivity contribution in [1.29, 1.82) is 0 Å². The number of benzene rings is 1. The minimum Gasteiger partial charge on any atom is -0.481 e. The number of rotatable bonds is 4. The Morgan fingerprint density at radius 3 is 2.43 bits per heavy atom. The molecule has 0 heterocycles. The topological polar surface area (TPSA) is 63.3 Å². The van der Waals surface area contributed by atoms with Gasteiger partial charge in [0.2, 0.25) is 0 Å². The van der Waals surface area contributed by atoms with E-state index in [1.165, 1.54) is 0 Å². The summed E-state index contributed by atoms with van der Waals surface area (Å²) in [6.45, 7) is 1.82. The van der Waals surface area contributed by atoms with E-state index in [0.29, 0.717) is 6.42 Å². The van der Waals surface area contributed by atoms with Gasteiger partial charge in [-0.05, 0) is 18.9 Å². The summed E-state index contributed by atoms with van der Waals surface area (Å²) in [6.07, 6.45) is 0.472. The second-order valence-corrected chi connectivity index (χ2v) is 3.73. The van der Waals surface area contributed by atoms with Crippen LogP contribution in [0.15, 0.2) is 30.3 Å². The van der Waals surface area contributed by atoms with E-state index in [1.807, 2.05) is 30.3 Å². The molecule has 1 aromatic carbocycles. The van der Waals surface area contributed by atoms with Crippen molar-refractivity contribution in [1.82, 2.24) is 0 Å². The van der Waals surface area contributed by atoms with Crippen molar-refractivity contribution in [2.45, 2.75) is 13.3 Å². The number of aliphatic carboxylic acids is 1. The van der Waals surface area contributed by atoms with Gasteiger partial charge in [0.25, 0.3) is 0 Å². The van der Waals surface area contributed by atoms with E-state index in [1.54, 1.807) is 6.92 Å². The van der Waals surface area contributed by atoms with Crippen molar-refractivity contribution in [2.24, 2.45) is 11.1 Å². The lowest BCUT2D eigenvalue weighted by Gasteiger charge is -2.22. The largest absolute Gasteiger partial charge is 0.481 e. The molecule has 0 bridgehead atoms. The highest BCUT2D eigenvalue weighted by atomic mass is 16.4. The third-order valence-electron chi connectivity index (χ3n) is 2.40. The second kappa shape index (κ2) is 4.24. The summed E-state index contributed by atoms with van der Waals surface area (Å²) in [5.74, 6) is -0.844. The minimum atomic E-state index is -0.860. The van der Waals surface area contributed by atoms with Crippen LogP contribution < -0.4 is 5.73 Å². The summed E-state index contributed by atoms with van der Waals surface area (Å²) in [4.78, 5) is 11.0. The smallest absolute Gasteiger partial charge is 0.310 e. The lowest BCUT2D eigenvalue weighted by molar-refractivity contribution is -0.147. The van der Waals surface area contributed by atoms with E-state index in [9.17, 15) is 4.79 Å². The Morgan fingerprint density at radius 1 is 1.43 bits per heavy atom. The van der Waals surface area contributed by atoms with Gasteiger partial charge in [-0.2, -0.15) is 0 Å². The lowest BCUT2D eigenvalue weighted by Crippen LogP contribution is -2.37. The molecule has 3 heteroatoms. The fourth-order valence-electron chi connectivity index (χ4n) is 1.28. The van der Waals surface area contributed by atoms with Crippen LogP contribution in [0.1, 0.15) is 12.5 Å². The molecule has 0 aromatic heterocycles. The summed E-state index contributed by atoms with van der Waals surface area (Å²) >= 11 is 0. The Hall–Kier alpha value is -1.35. The molecular formula is C11H15NO2. The molecule has 0 amide bonds. The van der Waals surface area contributed by atoms with Crippen LogP contribution >= 0.6 is 0 Å². The van der Waals surface area contributed by atoms with Gasteiger partial charge in [-0.25, -0.2) is 0 Å². The molecule has 1 atom stereocenters. The molecule has 0 saturated heterocycles. The maximum atomic E-state index is 11.0. The average Bonchev–Trinajstić information content (AvgIpc) is 2.19. The van der Waals surface area contributed by atoms with Crippen LogP contribution in [0.2, 0.25) is 0 Å². The van der Waals surface area contributed by atoms with Crippen molar-refractivity contribution in [3.8, 4) is 0 Å². The van der Waals surface area contributed by atoms with Gasteiger partial charge in [-0.3, -0.25) is 4.79 Å². The molecular weight excluding hydrogens is 178 g/mol. The Balaban J connectivity index is 2.81. The first-order chi connectivity index (χ1) is 6.58. The maximum absolute atomic E-state index is 11.0. The Morgan fingerprint density at radius 2 is 2.00 bits per heavy atom. The van der Waals surface area contributed by atoms with Crippen molar-refractivity contribution >= 4 is 5.97 Å². The number of carbonyl (C=O) groups is 1. The quantitative estimate of drug-likeness (QED) is 0.757. The van der Waals surface area contributed by atoms with Gasteiger partial charge >= 0.3 is 5.97 Å². The molecule has 14 heavy (non-hydrogen) atoms. The van der Waals surface area contributed by atoms with E-state index >= 15 is 0 Å². The number of hydrogen-bond acceptors (Lipinski definition) is 2. The van der Waals surface area contributed by atoms with Crippen LogP contribution in [0.25, 0.3) is 0 Å². The van der Waals surface area contributed by atoms with Crippen LogP contribution in [-0.4, -0.2) is 17.6 Å². The Kier molecular flexibility index (Phi) is 3.25. The first-order valence-electron chi connectivity index (χ1n) is 4.56. The average molecular weight is 193 g/mol. The van der Waals surface area contributed by atoms with Gasteiger partial charge < -0.3 is 10.8 Å². The van der Waals surface area contributed by atoms with Crippen LogP contribution in [-0.2, 0) is 11.2 Å². The monoisotopic (exact) mass is 193 g/mol. The normalized spacial score (nSPS) is 14.7. The molecule has 0 saturated carbocycles. The zero-order valence-corrected chi connectivity index (χ0v) is 8.23. The molecule has 1 aromatic rings. The Labute approximate surface area is 83.6 Å². The highest BCUT2D eigenvalue weighted by Gasteiger charge is 2.31. The van der Waals surface area contributed by atoms with Gasteiger partial charge in [-0.1, -0.05) is 30.3 Å². The number of carboxylic acid groups (broad SMARTS) is 1. The molecule has 76 valence electrons. The molecule has 0 aliphatic heterocycles. The molecule has 1 rings (SSSR count). The summed E-state index contributed by atoms with van der Waals surface area (Å²) in [5, 5.41) is 9.01. The number of hydrogen-bond donors (Lipinski definition) is 2. The number of carboxylic acids is 1. The number of nitrogens with two attached hydrogens (primary N) is 1. The highest BCUT2D eigenvalue weighted by Crippen LogP contribution is 2.21. The van der Waals surface area contributed by atoms with E-state index in [-0.39, 0.29) is 6.54 Å². The molecule has 1 unspecified atom stereocenters. The summed E-state index contributed by atoms with van der Waals surface area (Å²) in [5.41, 5.74) is 5.62. The third-order valence-corrected chi connectivity index (χ3v) is 2.40. The van der Waals surface area contributed by atoms with Crippen LogP contribution in [0.4, 0.5) is 0 Å². The molecule has 0 aliphatic carbocycles. The maximum Gasteiger partial charge on any atom is 0.310 e. The molecule has 0 aliphatic rings. The Bertz CT molecular complexity index is 310. The van der Waals surface area contributed by atoms with Gasteiger partial charge in [0.1, 0.15) is 0 Å². The van der Waals surface area contributed by atoms with Crippen LogP contribution in [0, 0.1) is 5.41 Å². The summed E-state index contributed by atoms with van der Waals surface area (Å²) < 4.78 is 0. The van der Waals surface area contributed by atoms with Crippen molar-refractivity contribution in [3.05, 3.63) is 35.9 Å². The van der Waals surface area contributed by atoms with Crippen molar-refractivity contribution in [3.63, 3.8) is 0 Å². The SMILES string of the molecule is CC(CN)(Cc1ccccc1)C(=O)O. The first-order valence-corrected chi connectivity index (χ1v) is 4.56. The predicted molar refractivity (Wildman–Crippen MR) is 54.9 cm³/mol. The molecule has 0 spiro atoms. The van der Waals surface area contributed by atoms with Crippen molar-refractivity contribution < 1.29 is 9.90 Å². The molecule has 0 fully saturated rings. The fraction of sp³-hybridized carbons (Fsp3) is 0.364. The fourth-order valence-corrected chi connectivity index (χ4v) is 1.28. The van der Waals surface area contributed by atoms with Crippen LogP contribution in [0.3, 0.4) is 0 Å². The second-order valence-electron chi connectivity index (χ2n) is 3.73. The van der Waals surface area contributed by atoms with E-state index < -0.39 is 11.4 Å². The zero-order valence-electron chi connectivity index (χ0n) is 8.23. The minimum absolute atomic E-state index is 0.150. The summed E-state index contributed by atoms with van der Waals surface area (Å²) in [6, 6.07) is 9.53. The standard InChI is InChI=1S/C11H15NO2/c1-11(8-12,10(13)14)7-9-5-3-2-4-6-9/h2-6H,7-8,12H2,1H3,(H,13,14).